The molecule has 3 aromatic heterocycles. The Bertz CT molecular complexity index is 2960. The molecule has 58 heavy (non-hydrogen) atoms. The summed E-state index contributed by atoms with van der Waals surface area (Å²) in [5.74, 6) is 0.709. The Hall–Kier alpha value is -7.09. The number of nitrogens with two attached hydrogens (primary N) is 1. The molecule has 4 aromatic carbocycles. The van der Waals surface area contributed by atoms with Gasteiger partial charge in [-0.3, -0.25) is 14.1 Å². The summed E-state index contributed by atoms with van der Waals surface area (Å²) in [5, 5.41) is 22.4. The average Bonchev–Trinajstić information content (AvgIpc) is 3.89. The average molecular weight is 810 g/mol. The number of amides is 2. The number of hydrogen-bond acceptors (Lipinski definition) is 10. The SMILES string of the molecule is Cc1sc2c(c1C)C(c1ccc(-c3ccc(C(=O)NCc4ccc(S(=O)(=O)Nc5ccc(C)c6c(C#N)c[nH]c56)cc4)cc3)cc1)=NC(OC(N)=O)c1nnc(C)n1-2. The summed E-state index contributed by atoms with van der Waals surface area (Å²) in [5.41, 5.74) is 14.0. The molecule has 1 unspecified atom stereocenters. The highest BCUT2D eigenvalue weighted by Crippen LogP contribution is 2.39. The summed E-state index contributed by atoms with van der Waals surface area (Å²) < 4.78 is 36.4. The molecule has 0 aliphatic carbocycles. The molecule has 7 aromatic rings. The quantitative estimate of drug-likeness (QED) is 0.116. The van der Waals surface area contributed by atoms with Gasteiger partial charge in [0, 0.05) is 39.7 Å². The number of benzene rings is 4. The highest BCUT2D eigenvalue weighted by Gasteiger charge is 2.33. The van der Waals surface area contributed by atoms with Gasteiger partial charge in [0.2, 0.25) is 5.82 Å². The van der Waals surface area contributed by atoms with Gasteiger partial charge < -0.3 is 20.8 Å². The van der Waals surface area contributed by atoms with Crippen molar-refractivity contribution < 1.29 is 22.7 Å². The lowest BCUT2D eigenvalue weighted by Crippen LogP contribution is -2.22. The Labute approximate surface area is 337 Å². The summed E-state index contributed by atoms with van der Waals surface area (Å²) in [6.07, 6.45) is -0.511. The molecule has 290 valence electrons. The van der Waals surface area contributed by atoms with Crippen LogP contribution in [-0.2, 0) is 21.3 Å². The summed E-state index contributed by atoms with van der Waals surface area (Å²) >= 11 is 1.59. The Balaban J connectivity index is 0.942. The molecule has 1 aliphatic rings. The van der Waals surface area contributed by atoms with Crippen molar-refractivity contribution in [3.05, 3.63) is 147 Å². The first kappa shape index (κ1) is 37.8. The molecular formula is C42H35N9O5S2. The molecule has 1 aliphatic heterocycles. The molecular weight excluding hydrogens is 775 g/mol. The molecule has 0 saturated heterocycles. The van der Waals surface area contributed by atoms with Gasteiger partial charge in [-0.1, -0.05) is 54.6 Å². The predicted molar refractivity (Wildman–Crippen MR) is 221 cm³/mol. The number of sulfonamides is 1. The number of ether oxygens (including phenoxy) is 1. The number of aliphatic imine (C=N–C) groups is 1. The molecule has 1 atom stereocenters. The zero-order chi connectivity index (χ0) is 40.9. The lowest BCUT2D eigenvalue weighted by atomic mass is 9.97. The molecule has 0 spiro atoms. The van der Waals surface area contributed by atoms with Crippen molar-refractivity contribution in [1.82, 2.24) is 25.1 Å². The van der Waals surface area contributed by atoms with Gasteiger partial charge in [-0.2, -0.15) is 5.26 Å². The molecule has 0 bridgehead atoms. The van der Waals surface area contributed by atoms with Gasteiger partial charge in [0.05, 0.1) is 27.4 Å². The van der Waals surface area contributed by atoms with E-state index in [0.29, 0.717) is 50.6 Å². The maximum Gasteiger partial charge on any atom is 0.406 e. The second-order valence-electron chi connectivity index (χ2n) is 13.8. The van der Waals surface area contributed by atoms with E-state index in [9.17, 15) is 23.3 Å². The van der Waals surface area contributed by atoms with Crippen LogP contribution in [0.3, 0.4) is 0 Å². The summed E-state index contributed by atoms with van der Waals surface area (Å²) in [6.45, 7) is 7.95. The molecule has 5 N–H and O–H groups in total. The zero-order valence-corrected chi connectivity index (χ0v) is 33.2. The second-order valence-corrected chi connectivity index (χ2v) is 16.6. The van der Waals surface area contributed by atoms with Crippen LogP contribution in [0.5, 0.6) is 0 Å². The van der Waals surface area contributed by atoms with Crippen LogP contribution in [0.2, 0.25) is 0 Å². The number of hydrogen-bond donors (Lipinski definition) is 4. The van der Waals surface area contributed by atoms with Crippen molar-refractivity contribution in [2.45, 2.75) is 45.4 Å². The van der Waals surface area contributed by atoms with Crippen LogP contribution in [0.1, 0.15) is 66.5 Å². The number of carbonyl (C=O) groups is 2. The van der Waals surface area contributed by atoms with E-state index in [1.807, 2.05) is 68.7 Å². The monoisotopic (exact) mass is 809 g/mol. The zero-order valence-electron chi connectivity index (χ0n) is 31.6. The molecule has 0 radical (unpaired) electrons. The van der Waals surface area contributed by atoms with E-state index in [2.05, 4.69) is 31.3 Å². The highest BCUT2D eigenvalue weighted by atomic mass is 32.2. The van der Waals surface area contributed by atoms with Gasteiger partial charge in [-0.15, -0.1) is 21.5 Å². The third-order valence-electron chi connectivity index (χ3n) is 10.1. The van der Waals surface area contributed by atoms with Crippen molar-refractivity contribution in [1.29, 1.82) is 5.26 Å². The number of nitriles is 1. The van der Waals surface area contributed by atoms with Crippen LogP contribution in [0.25, 0.3) is 27.0 Å². The number of nitrogens with one attached hydrogen (secondary N) is 3. The number of aromatic amines is 1. The Morgan fingerprint density at radius 3 is 2.28 bits per heavy atom. The van der Waals surface area contributed by atoms with Gasteiger partial charge in [0.25, 0.3) is 22.2 Å². The number of primary amides is 1. The molecule has 0 saturated carbocycles. The van der Waals surface area contributed by atoms with Crippen LogP contribution >= 0.6 is 11.3 Å². The molecule has 4 heterocycles. The summed E-state index contributed by atoms with van der Waals surface area (Å²) in [7, 11) is -3.94. The van der Waals surface area contributed by atoms with E-state index >= 15 is 0 Å². The number of carbonyl (C=O) groups excluding carboxylic acids is 2. The number of anilines is 1. The molecule has 16 heteroatoms. The predicted octanol–water partition coefficient (Wildman–Crippen LogP) is 7.26. The van der Waals surface area contributed by atoms with Gasteiger partial charge in [-0.25, -0.2) is 18.2 Å². The lowest BCUT2D eigenvalue weighted by molar-refractivity contribution is 0.0950. The first-order chi connectivity index (χ1) is 27.8. The molecule has 8 rings (SSSR count). The minimum atomic E-state index is -3.94. The summed E-state index contributed by atoms with van der Waals surface area (Å²) in [6, 6.07) is 26.9. The van der Waals surface area contributed by atoms with Gasteiger partial charge in [0.15, 0.2) is 0 Å². The molecule has 2 amide bonds. The van der Waals surface area contributed by atoms with Crippen LogP contribution < -0.4 is 15.8 Å². The highest BCUT2D eigenvalue weighted by molar-refractivity contribution is 7.92. The van der Waals surface area contributed by atoms with E-state index < -0.39 is 22.3 Å². The summed E-state index contributed by atoms with van der Waals surface area (Å²) in [4.78, 5) is 34.0. The minimum absolute atomic E-state index is 0.0530. The van der Waals surface area contributed by atoms with Crippen LogP contribution in [0.4, 0.5) is 10.5 Å². The number of H-pyrrole nitrogens is 1. The molecule has 14 nitrogen and oxygen atoms in total. The fraction of sp³-hybridized carbons (Fsp3) is 0.143. The Morgan fingerprint density at radius 1 is 0.931 bits per heavy atom. The molecule has 0 fully saturated rings. The fourth-order valence-electron chi connectivity index (χ4n) is 6.99. The number of aromatic nitrogens is 4. The lowest BCUT2D eigenvalue weighted by Gasteiger charge is -2.12. The second kappa shape index (κ2) is 14.8. The number of thiophene rings is 1. The van der Waals surface area contributed by atoms with Crippen LogP contribution in [-0.4, -0.2) is 45.9 Å². The third kappa shape index (κ3) is 6.86. The Kier molecular flexibility index (Phi) is 9.63. The van der Waals surface area contributed by atoms with E-state index in [4.69, 9.17) is 15.5 Å². The smallest absolute Gasteiger partial charge is 0.406 e. The van der Waals surface area contributed by atoms with Crippen LogP contribution in [0, 0.1) is 39.0 Å². The normalized spacial score (nSPS) is 13.5. The third-order valence-corrected chi connectivity index (χ3v) is 12.7. The van der Waals surface area contributed by atoms with Crippen molar-refractivity contribution in [3.8, 4) is 22.2 Å². The number of fused-ring (bicyclic) bond motifs is 4. The topological polar surface area (TPSA) is 210 Å². The van der Waals surface area contributed by atoms with Gasteiger partial charge in [-0.05, 0) is 85.8 Å². The first-order valence-corrected chi connectivity index (χ1v) is 20.3. The van der Waals surface area contributed by atoms with Crippen LogP contribution in [0.15, 0.2) is 101 Å². The number of rotatable bonds is 9. The Morgan fingerprint density at radius 2 is 1.60 bits per heavy atom. The van der Waals surface area contributed by atoms with E-state index in [1.165, 1.54) is 12.1 Å². The maximum absolute atomic E-state index is 13.3. The maximum atomic E-state index is 13.3. The van der Waals surface area contributed by atoms with E-state index in [0.717, 1.165) is 43.3 Å². The fourth-order valence-corrected chi connectivity index (χ4v) is 9.27. The van der Waals surface area contributed by atoms with Crippen molar-refractivity contribution in [2.24, 2.45) is 10.7 Å². The standard InChI is InChI=1S/C42H35N9O5S2/c1-22-5-18-33(37-34(22)31(19-43)21-45-37)50-58(54,55)32-16-6-26(7-17-32)20-46-39(52)30-14-10-28(11-15-30)27-8-12-29(13-9-27)36-35-23(2)24(3)57-41(35)51-25(4)48-49-38(51)40(47-36)56-42(44)53/h5-18,21,40,45,50H,20H2,1-4H3,(H2,44,53)(H,46,52). The largest absolute Gasteiger partial charge is 0.416 e. The van der Waals surface area contributed by atoms with Gasteiger partial charge >= 0.3 is 6.09 Å². The first-order valence-electron chi connectivity index (χ1n) is 18.0. The minimum Gasteiger partial charge on any atom is -0.416 e. The number of aryl methyl sites for hydroxylation is 3. The number of nitrogens with zero attached hydrogens (tertiary/aromatic N) is 5. The van der Waals surface area contributed by atoms with E-state index in [1.54, 1.807) is 53.9 Å². The van der Waals surface area contributed by atoms with Crippen molar-refractivity contribution in [2.75, 3.05) is 4.72 Å². The van der Waals surface area contributed by atoms with Crippen molar-refractivity contribution >= 4 is 55.7 Å². The van der Waals surface area contributed by atoms with E-state index in [-0.39, 0.29) is 17.3 Å². The van der Waals surface area contributed by atoms with Gasteiger partial charge in [0.1, 0.15) is 16.9 Å². The van der Waals surface area contributed by atoms with Crippen molar-refractivity contribution in [3.63, 3.8) is 0 Å².